The first kappa shape index (κ1) is 11.4. The lowest BCUT2D eigenvalue weighted by molar-refractivity contribution is 1.55. The molecule has 1 aromatic carbocycles. The summed E-state index contributed by atoms with van der Waals surface area (Å²) in [5.74, 6) is 0. The molecule has 0 spiro atoms. The maximum absolute atomic E-state index is 3.89. The lowest BCUT2D eigenvalue weighted by atomic mass is 10.0. The van der Waals surface area contributed by atoms with E-state index in [-0.39, 0.29) is 0 Å². The molecule has 1 rings (SSSR count). The van der Waals surface area contributed by atoms with Crippen molar-refractivity contribution in [1.29, 1.82) is 0 Å². The second-order valence-electron chi connectivity index (χ2n) is 2.57. The van der Waals surface area contributed by atoms with Crippen LogP contribution >= 0.6 is 0 Å². The maximum Gasteiger partial charge on any atom is -0.0161 e. The first-order chi connectivity index (χ1) is 6.25. The second-order valence-corrected chi connectivity index (χ2v) is 2.57. The minimum atomic E-state index is 1.08. The lowest BCUT2D eigenvalue weighted by Crippen LogP contribution is -1.82. The zero-order chi connectivity index (χ0) is 10.3. The molecule has 0 saturated heterocycles. The summed E-state index contributed by atoms with van der Waals surface area (Å²) in [6.45, 7) is 15.6. The molecule has 68 valence electrons. The first-order valence-electron chi connectivity index (χ1n) is 4.13. The summed E-state index contributed by atoms with van der Waals surface area (Å²) in [6, 6.07) is 8.11. The van der Waals surface area contributed by atoms with E-state index in [2.05, 4.69) is 32.4 Å². The minimum Gasteiger partial charge on any atom is -0.106 e. The summed E-state index contributed by atoms with van der Waals surface area (Å²) in [6.07, 6.45) is 1.85. The fraction of sp³-hybridized carbons (Fsp3) is 0.0769. The van der Waals surface area contributed by atoms with E-state index in [0.29, 0.717) is 0 Å². The Bertz CT molecular complexity index is 295. The van der Waals surface area contributed by atoms with Gasteiger partial charge in [-0.3, -0.25) is 0 Å². The minimum absolute atomic E-state index is 1.08. The number of benzene rings is 1. The monoisotopic (exact) mass is 172 g/mol. The second kappa shape index (κ2) is 6.01. The summed E-state index contributed by atoms with van der Waals surface area (Å²) in [4.78, 5) is 0. The Kier molecular flexibility index (Phi) is 5.29. The predicted octanol–water partition coefficient (Wildman–Crippen LogP) is 4.16. The van der Waals surface area contributed by atoms with Crippen molar-refractivity contribution in [3.05, 3.63) is 61.7 Å². The van der Waals surface area contributed by atoms with Gasteiger partial charge in [-0.25, -0.2) is 0 Å². The van der Waals surface area contributed by atoms with E-state index in [1.165, 1.54) is 5.56 Å². The van der Waals surface area contributed by atoms with Crippen LogP contribution in [0.3, 0.4) is 0 Å². The molecule has 0 atom stereocenters. The van der Waals surface area contributed by atoms with Crippen molar-refractivity contribution in [2.75, 3.05) is 0 Å². The van der Waals surface area contributed by atoms with Gasteiger partial charge < -0.3 is 0 Å². The molecule has 0 bridgehead atoms. The fourth-order valence-corrected chi connectivity index (χ4v) is 1.06. The van der Waals surface area contributed by atoms with Crippen LogP contribution in [0.5, 0.6) is 0 Å². The third kappa shape index (κ3) is 3.12. The van der Waals surface area contributed by atoms with Crippen molar-refractivity contribution < 1.29 is 0 Å². The molecule has 0 heteroatoms. The number of rotatable bonds is 2. The molecular weight excluding hydrogens is 156 g/mol. The summed E-state index contributed by atoms with van der Waals surface area (Å²) in [5.41, 5.74) is 3.42. The zero-order valence-corrected chi connectivity index (χ0v) is 8.22. The molecule has 1 aromatic rings. The molecule has 0 aliphatic rings. The van der Waals surface area contributed by atoms with Crippen molar-refractivity contribution in [3.8, 4) is 0 Å². The van der Waals surface area contributed by atoms with E-state index >= 15 is 0 Å². The van der Waals surface area contributed by atoms with Crippen LogP contribution in [0.25, 0.3) is 11.6 Å². The van der Waals surface area contributed by atoms with Crippen LogP contribution in [0.15, 0.2) is 50.6 Å². The average molecular weight is 172 g/mol. The van der Waals surface area contributed by atoms with Crippen LogP contribution in [0.4, 0.5) is 0 Å². The highest BCUT2D eigenvalue weighted by Gasteiger charge is 1.96. The van der Waals surface area contributed by atoms with Crippen molar-refractivity contribution in [1.82, 2.24) is 0 Å². The van der Waals surface area contributed by atoms with Gasteiger partial charge in [0.05, 0.1) is 0 Å². The highest BCUT2D eigenvalue weighted by molar-refractivity contribution is 5.71. The van der Waals surface area contributed by atoms with Gasteiger partial charge in [0.1, 0.15) is 0 Å². The van der Waals surface area contributed by atoms with E-state index in [1.807, 2.05) is 31.2 Å². The SMILES string of the molecule is C=C.C=Cc1ccccc1C(=C)C. The molecule has 0 heterocycles. The molecule has 0 fully saturated rings. The van der Waals surface area contributed by atoms with Gasteiger partial charge in [-0.2, -0.15) is 0 Å². The highest BCUT2D eigenvalue weighted by Crippen LogP contribution is 2.17. The van der Waals surface area contributed by atoms with Crippen LogP contribution in [0.1, 0.15) is 18.1 Å². The van der Waals surface area contributed by atoms with Crippen LogP contribution in [0.2, 0.25) is 0 Å². The summed E-state index contributed by atoms with van der Waals surface area (Å²) in [7, 11) is 0. The Morgan fingerprint density at radius 3 is 2.15 bits per heavy atom. The Balaban J connectivity index is 0.000000671. The van der Waals surface area contributed by atoms with Crippen LogP contribution in [-0.4, -0.2) is 0 Å². The molecule has 0 N–H and O–H groups in total. The average Bonchev–Trinajstić information content (AvgIpc) is 2.20. The molecule has 0 aliphatic heterocycles. The van der Waals surface area contributed by atoms with Gasteiger partial charge in [-0.1, -0.05) is 49.1 Å². The highest BCUT2D eigenvalue weighted by atomic mass is 14.0. The lowest BCUT2D eigenvalue weighted by Gasteiger charge is -2.02. The van der Waals surface area contributed by atoms with E-state index in [9.17, 15) is 0 Å². The summed E-state index contributed by atoms with van der Waals surface area (Å²) >= 11 is 0. The van der Waals surface area contributed by atoms with Gasteiger partial charge in [0.25, 0.3) is 0 Å². The molecular formula is C13H16. The van der Waals surface area contributed by atoms with E-state index < -0.39 is 0 Å². The van der Waals surface area contributed by atoms with Gasteiger partial charge in [0.2, 0.25) is 0 Å². The summed E-state index contributed by atoms with van der Waals surface area (Å²) < 4.78 is 0. The third-order valence-electron chi connectivity index (χ3n) is 1.64. The molecule has 13 heavy (non-hydrogen) atoms. The Hall–Kier alpha value is -1.56. The smallest absolute Gasteiger partial charge is 0.0161 e. The van der Waals surface area contributed by atoms with Crippen LogP contribution in [-0.2, 0) is 0 Å². The van der Waals surface area contributed by atoms with Gasteiger partial charge in [0.15, 0.2) is 0 Å². The summed E-state index contributed by atoms with van der Waals surface area (Å²) in [5, 5.41) is 0. The van der Waals surface area contributed by atoms with Crippen molar-refractivity contribution in [3.63, 3.8) is 0 Å². The molecule has 0 unspecified atom stereocenters. The van der Waals surface area contributed by atoms with Crippen LogP contribution < -0.4 is 0 Å². The molecule has 0 saturated carbocycles. The van der Waals surface area contributed by atoms with Crippen molar-refractivity contribution in [2.45, 2.75) is 6.92 Å². The Morgan fingerprint density at radius 2 is 1.77 bits per heavy atom. The quantitative estimate of drug-likeness (QED) is 0.587. The Labute approximate surface area is 80.9 Å². The molecule has 0 aromatic heterocycles. The van der Waals surface area contributed by atoms with Gasteiger partial charge in [-0.15, -0.1) is 13.2 Å². The topological polar surface area (TPSA) is 0 Å². The van der Waals surface area contributed by atoms with Crippen LogP contribution in [0, 0.1) is 0 Å². The molecule has 0 radical (unpaired) electrons. The number of hydrogen-bond donors (Lipinski definition) is 0. The fourth-order valence-electron chi connectivity index (χ4n) is 1.06. The normalized spacial score (nSPS) is 8.08. The van der Waals surface area contributed by atoms with Crippen molar-refractivity contribution >= 4 is 11.6 Å². The van der Waals surface area contributed by atoms with E-state index in [4.69, 9.17) is 0 Å². The number of hydrogen-bond acceptors (Lipinski definition) is 0. The molecule has 0 amide bonds. The van der Waals surface area contributed by atoms with E-state index in [1.54, 1.807) is 0 Å². The molecule has 0 aliphatic carbocycles. The zero-order valence-electron chi connectivity index (χ0n) is 8.22. The van der Waals surface area contributed by atoms with E-state index in [0.717, 1.165) is 11.1 Å². The predicted molar refractivity (Wildman–Crippen MR) is 62.5 cm³/mol. The van der Waals surface area contributed by atoms with Crippen molar-refractivity contribution in [2.24, 2.45) is 0 Å². The van der Waals surface area contributed by atoms with Gasteiger partial charge in [0, 0.05) is 0 Å². The maximum atomic E-state index is 3.89. The van der Waals surface area contributed by atoms with Gasteiger partial charge >= 0.3 is 0 Å². The van der Waals surface area contributed by atoms with Gasteiger partial charge in [-0.05, 0) is 18.1 Å². The molecule has 0 nitrogen and oxygen atoms in total. The number of allylic oxidation sites excluding steroid dienone is 1. The standard InChI is InChI=1S/C11H12.C2H4/c1-4-10-7-5-6-8-11(10)9(2)3;1-2/h4-8H,1-2H2,3H3;1-2H2. The third-order valence-corrected chi connectivity index (χ3v) is 1.64. The largest absolute Gasteiger partial charge is 0.106 e. The first-order valence-corrected chi connectivity index (χ1v) is 4.13. The Morgan fingerprint density at radius 1 is 1.23 bits per heavy atom.